The molecular formula is C13H15N3. The van der Waals surface area contributed by atoms with Crippen LogP contribution in [0.15, 0.2) is 48.7 Å². The number of nitrogen functional groups attached to an aromatic ring is 1. The van der Waals surface area contributed by atoms with Crippen LogP contribution >= 0.6 is 0 Å². The van der Waals surface area contributed by atoms with Crippen LogP contribution in [0.4, 0.5) is 5.82 Å². The summed E-state index contributed by atoms with van der Waals surface area (Å²) in [6.45, 7) is 0. The SMILES string of the molecule is Nc1ncccc1CC(N)c1ccccc1. The van der Waals surface area contributed by atoms with E-state index in [4.69, 9.17) is 11.5 Å². The Balaban J connectivity index is 2.14. The topological polar surface area (TPSA) is 64.9 Å². The third-order valence-corrected chi connectivity index (χ3v) is 2.59. The lowest BCUT2D eigenvalue weighted by Gasteiger charge is -2.12. The van der Waals surface area contributed by atoms with Gasteiger partial charge in [0, 0.05) is 12.2 Å². The van der Waals surface area contributed by atoms with E-state index in [2.05, 4.69) is 4.98 Å². The Morgan fingerprint density at radius 3 is 2.50 bits per heavy atom. The number of hydrogen-bond donors (Lipinski definition) is 2. The molecule has 1 atom stereocenters. The molecule has 0 radical (unpaired) electrons. The fraction of sp³-hybridized carbons (Fsp3) is 0.154. The third kappa shape index (κ3) is 2.38. The van der Waals surface area contributed by atoms with Crippen LogP contribution < -0.4 is 11.5 Å². The van der Waals surface area contributed by atoms with Crippen molar-refractivity contribution in [1.29, 1.82) is 0 Å². The van der Waals surface area contributed by atoms with Crippen LogP contribution in [0.5, 0.6) is 0 Å². The first-order chi connectivity index (χ1) is 7.77. The predicted molar refractivity (Wildman–Crippen MR) is 65.7 cm³/mol. The molecule has 0 saturated carbocycles. The van der Waals surface area contributed by atoms with Gasteiger partial charge < -0.3 is 11.5 Å². The maximum Gasteiger partial charge on any atom is 0.126 e. The Hall–Kier alpha value is -1.87. The van der Waals surface area contributed by atoms with Gasteiger partial charge in [0.2, 0.25) is 0 Å². The van der Waals surface area contributed by atoms with Crippen molar-refractivity contribution in [2.24, 2.45) is 5.73 Å². The second-order valence-corrected chi connectivity index (χ2v) is 3.77. The molecule has 0 amide bonds. The molecule has 82 valence electrons. The van der Waals surface area contributed by atoms with E-state index < -0.39 is 0 Å². The highest BCUT2D eigenvalue weighted by atomic mass is 14.8. The molecule has 0 fully saturated rings. The first kappa shape index (κ1) is 10.6. The van der Waals surface area contributed by atoms with Crippen LogP contribution in [-0.2, 0) is 6.42 Å². The minimum atomic E-state index is -0.0345. The highest BCUT2D eigenvalue weighted by Gasteiger charge is 2.08. The van der Waals surface area contributed by atoms with Crippen molar-refractivity contribution in [1.82, 2.24) is 4.98 Å². The van der Waals surface area contributed by atoms with E-state index in [0.717, 1.165) is 11.1 Å². The van der Waals surface area contributed by atoms with Crippen LogP contribution in [0.2, 0.25) is 0 Å². The van der Waals surface area contributed by atoms with Gasteiger partial charge in [-0.1, -0.05) is 36.4 Å². The average molecular weight is 213 g/mol. The van der Waals surface area contributed by atoms with Crippen molar-refractivity contribution in [2.45, 2.75) is 12.5 Å². The van der Waals surface area contributed by atoms with Crippen molar-refractivity contribution < 1.29 is 0 Å². The number of nitrogens with two attached hydrogens (primary N) is 2. The molecule has 0 aliphatic carbocycles. The van der Waals surface area contributed by atoms with Crippen LogP contribution in [0.1, 0.15) is 17.2 Å². The molecule has 1 aromatic carbocycles. The monoisotopic (exact) mass is 213 g/mol. The first-order valence-electron chi connectivity index (χ1n) is 5.27. The molecule has 2 rings (SSSR count). The van der Waals surface area contributed by atoms with Crippen molar-refractivity contribution in [3.8, 4) is 0 Å². The molecule has 1 heterocycles. The fourth-order valence-electron chi connectivity index (χ4n) is 1.68. The lowest BCUT2D eigenvalue weighted by Crippen LogP contribution is -2.14. The van der Waals surface area contributed by atoms with Gasteiger partial charge in [0.15, 0.2) is 0 Å². The summed E-state index contributed by atoms with van der Waals surface area (Å²) in [5.74, 6) is 0.564. The molecule has 3 nitrogen and oxygen atoms in total. The summed E-state index contributed by atoms with van der Waals surface area (Å²) in [4.78, 5) is 4.05. The molecule has 1 unspecified atom stereocenters. The highest BCUT2D eigenvalue weighted by Crippen LogP contribution is 2.18. The fourth-order valence-corrected chi connectivity index (χ4v) is 1.68. The largest absolute Gasteiger partial charge is 0.383 e. The summed E-state index contributed by atoms with van der Waals surface area (Å²) in [5, 5.41) is 0. The minimum absolute atomic E-state index is 0.0345. The number of aromatic nitrogens is 1. The van der Waals surface area contributed by atoms with Crippen LogP contribution in [-0.4, -0.2) is 4.98 Å². The molecule has 2 aromatic rings. The van der Waals surface area contributed by atoms with E-state index in [1.807, 2.05) is 42.5 Å². The van der Waals surface area contributed by atoms with Gasteiger partial charge in [0.25, 0.3) is 0 Å². The standard InChI is InChI=1S/C13H15N3/c14-12(10-5-2-1-3-6-10)9-11-7-4-8-16-13(11)15/h1-8,12H,9,14H2,(H2,15,16). The van der Waals surface area contributed by atoms with Gasteiger partial charge in [-0.3, -0.25) is 0 Å². The molecule has 4 N–H and O–H groups in total. The number of benzene rings is 1. The molecule has 0 spiro atoms. The number of nitrogens with zero attached hydrogens (tertiary/aromatic N) is 1. The molecule has 0 saturated heterocycles. The van der Waals surface area contributed by atoms with E-state index in [1.54, 1.807) is 6.20 Å². The Bertz CT molecular complexity index is 454. The van der Waals surface area contributed by atoms with E-state index in [1.165, 1.54) is 0 Å². The van der Waals surface area contributed by atoms with E-state index in [0.29, 0.717) is 12.2 Å². The molecule has 3 heteroatoms. The van der Waals surface area contributed by atoms with Crippen molar-refractivity contribution in [3.63, 3.8) is 0 Å². The van der Waals surface area contributed by atoms with Gasteiger partial charge in [-0.05, 0) is 23.6 Å². The van der Waals surface area contributed by atoms with Crippen molar-refractivity contribution in [2.75, 3.05) is 5.73 Å². The normalized spacial score (nSPS) is 12.3. The zero-order chi connectivity index (χ0) is 11.4. The second kappa shape index (κ2) is 4.77. The van der Waals surface area contributed by atoms with Gasteiger partial charge in [0.1, 0.15) is 5.82 Å². The van der Waals surface area contributed by atoms with Gasteiger partial charge in [-0.25, -0.2) is 4.98 Å². The number of hydrogen-bond acceptors (Lipinski definition) is 3. The number of rotatable bonds is 3. The average Bonchev–Trinajstić information content (AvgIpc) is 2.33. The first-order valence-corrected chi connectivity index (χ1v) is 5.27. The van der Waals surface area contributed by atoms with Gasteiger partial charge >= 0.3 is 0 Å². The maximum absolute atomic E-state index is 6.11. The zero-order valence-corrected chi connectivity index (χ0v) is 9.01. The smallest absolute Gasteiger partial charge is 0.126 e. The van der Waals surface area contributed by atoms with E-state index >= 15 is 0 Å². The van der Waals surface area contributed by atoms with Crippen LogP contribution in [0.25, 0.3) is 0 Å². The summed E-state index contributed by atoms with van der Waals surface area (Å²) in [6, 6.07) is 13.8. The molecule has 0 aliphatic rings. The number of anilines is 1. The lowest BCUT2D eigenvalue weighted by atomic mass is 10.0. The molecule has 0 bridgehead atoms. The Labute approximate surface area is 95.1 Å². The van der Waals surface area contributed by atoms with Gasteiger partial charge in [0.05, 0.1) is 0 Å². The third-order valence-electron chi connectivity index (χ3n) is 2.59. The molecule has 0 aliphatic heterocycles. The van der Waals surface area contributed by atoms with Crippen molar-refractivity contribution in [3.05, 3.63) is 59.8 Å². The molecule has 16 heavy (non-hydrogen) atoms. The summed E-state index contributed by atoms with van der Waals surface area (Å²) in [6.07, 6.45) is 2.40. The quantitative estimate of drug-likeness (QED) is 0.818. The summed E-state index contributed by atoms with van der Waals surface area (Å²) in [7, 11) is 0. The van der Waals surface area contributed by atoms with Crippen LogP contribution in [0, 0.1) is 0 Å². The second-order valence-electron chi connectivity index (χ2n) is 3.77. The Kier molecular flexibility index (Phi) is 3.17. The van der Waals surface area contributed by atoms with Crippen LogP contribution in [0.3, 0.4) is 0 Å². The van der Waals surface area contributed by atoms with E-state index in [-0.39, 0.29) is 6.04 Å². The summed E-state index contributed by atoms with van der Waals surface area (Å²) < 4.78 is 0. The maximum atomic E-state index is 6.11. The predicted octanol–water partition coefficient (Wildman–Crippen LogP) is 1.91. The molecular weight excluding hydrogens is 198 g/mol. The highest BCUT2D eigenvalue weighted by molar-refractivity contribution is 5.39. The lowest BCUT2D eigenvalue weighted by molar-refractivity contribution is 0.721. The Morgan fingerprint density at radius 2 is 1.81 bits per heavy atom. The Morgan fingerprint density at radius 1 is 1.06 bits per heavy atom. The van der Waals surface area contributed by atoms with Gasteiger partial charge in [-0.15, -0.1) is 0 Å². The van der Waals surface area contributed by atoms with Gasteiger partial charge in [-0.2, -0.15) is 0 Å². The zero-order valence-electron chi connectivity index (χ0n) is 9.01. The minimum Gasteiger partial charge on any atom is -0.383 e. The molecule has 1 aromatic heterocycles. The summed E-state index contributed by atoms with van der Waals surface area (Å²) >= 11 is 0. The summed E-state index contributed by atoms with van der Waals surface area (Å²) in [5.41, 5.74) is 14.0. The van der Waals surface area contributed by atoms with E-state index in [9.17, 15) is 0 Å². The van der Waals surface area contributed by atoms with Crippen molar-refractivity contribution >= 4 is 5.82 Å². The number of pyridine rings is 1.